The summed E-state index contributed by atoms with van der Waals surface area (Å²) in [6.07, 6.45) is 1.23. The van der Waals surface area contributed by atoms with Crippen LogP contribution in [-0.2, 0) is 6.42 Å². The van der Waals surface area contributed by atoms with Gasteiger partial charge in [-0.25, -0.2) is 0 Å². The van der Waals surface area contributed by atoms with Crippen LogP contribution in [0, 0.1) is 0 Å². The zero-order valence-electron chi connectivity index (χ0n) is 18.1. The monoisotopic (exact) mass is 464 g/mol. The standard InChI is InChI=1S/C22H25ClN2O5S/c1-24-22(31)25-14-8-6-12-17(11-7-9-16(27-2)15(26)10-13(11)14)19(28-3)21(30-5)20(29-4)18(12)23/h7,9-10,14H,6,8H2,1-5H3,(H2,24,25,31)/t14-/m0/s1. The van der Waals surface area contributed by atoms with Crippen molar-refractivity contribution >= 4 is 28.9 Å². The van der Waals surface area contributed by atoms with Gasteiger partial charge in [-0.05, 0) is 53.9 Å². The van der Waals surface area contributed by atoms with Crippen LogP contribution >= 0.6 is 23.8 Å². The van der Waals surface area contributed by atoms with Crippen molar-refractivity contribution in [3.63, 3.8) is 0 Å². The van der Waals surface area contributed by atoms with Gasteiger partial charge < -0.3 is 29.6 Å². The highest BCUT2D eigenvalue weighted by Crippen LogP contribution is 2.54. The number of halogens is 1. The molecule has 31 heavy (non-hydrogen) atoms. The third kappa shape index (κ3) is 4.09. The maximum absolute atomic E-state index is 12.8. The lowest BCUT2D eigenvalue weighted by Crippen LogP contribution is -2.35. The van der Waals surface area contributed by atoms with E-state index in [9.17, 15) is 4.79 Å². The van der Waals surface area contributed by atoms with Gasteiger partial charge in [-0.15, -0.1) is 0 Å². The summed E-state index contributed by atoms with van der Waals surface area (Å²) in [5.74, 6) is 1.50. The maximum atomic E-state index is 12.8. The summed E-state index contributed by atoms with van der Waals surface area (Å²) in [5, 5.41) is 7.13. The molecule has 0 aromatic heterocycles. The Labute approximate surface area is 191 Å². The first-order valence-electron chi connectivity index (χ1n) is 9.62. The number of rotatable bonds is 5. The molecule has 1 atom stereocenters. The molecule has 0 spiro atoms. The molecule has 1 aliphatic rings. The predicted octanol–water partition coefficient (Wildman–Crippen LogP) is 3.48. The Morgan fingerprint density at radius 2 is 1.74 bits per heavy atom. The van der Waals surface area contributed by atoms with E-state index in [2.05, 4.69) is 10.6 Å². The molecule has 166 valence electrons. The van der Waals surface area contributed by atoms with E-state index >= 15 is 0 Å². The van der Waals surface area contributed by atoms with Gasteiger partial charge in [-0.3, -0.25) is 4.79 Å². The minimum Gasteiger partial charge on any atom is -0.493 e. The van der Waals surface area contributed by atoms with E-state index in [1.165, 1.54) is 21.3 Å². The van der Waals surface area contributed by atoms with Gasteiger partial charge >= 0.3 is 0 Å². The molecule has 1 aliphatic carbocycles. The van der Waals surface area contributed by atoms with Crippen molar-refractivity contribution in [2.75, 3.05) is 35.5 Å². The van der Waals surface area contributed by atoms with Crippen LogP contribution in [0.3, 0.4) is 0 Å². The molecule has 9 heteroatoms. The van der Waals surface area contributed by atoms with E-state index in [-0.39, 0.29) is 17.2 Å². The molecule has 7 nitrogen and oxygen atoms in total. The van der Waals surface area contributed by atoms with E-state index in [4.69, 9.17) is 42.8 Å². The van der Waals surface area contributed by atoms with Gasteiger partial charge in [-0.2, -0.15) is 0 Å². The Balaban J connectivity index is 2.44. The fraction of sp³-hybridized carbons (Fsp3) is 0.364. The highest BCUT2D eigenvalue weighted by atomic mass is 35.5. The quantitative estimate of drug-likeness (QED) is 0.651. The summed E-state index contributed by atoms with van der Waals surface area (Å²) < 4.78 is 22.2. The molecule has 2 aromatic rings. The number of fused-ring (bicyclic) bond motifs is 3. The molecule has 0 unspecified atom stereocenters. The molecule has 0 radical (unpaired) electrons. The number of benzene rings is 1. The third-order valence-electron chi connectivity index (χ3n) is 5.34. The Morgan fingerprint density at radius 1 is 1.06 bits per heavy atom. The van der Waals surface area contributed by atoms with Gasteiger partial charge in [-0.1, -0.05) is 17.7 Å². The molecule has 0 bridgehead atoms. The lowest BCUT2D eigenvalue weighted by atomic mass is 9.95. The summed E-state index contributed by atoms with van der Waals surface area (Å²) in [7, 11) is 7.83. The van der Waals surface area contributed by atoms with Gasteiger partial charge in [0.1, 0.15) is 0 Å². The van der Waals surface area contributed by atoms with Crippen LogP contribution in [0.1, 0.15) is 23.6 Å². The molecule has 0 heterocycles. The molecular formula is C22H25ClN2O5S. The number of methoxy groups -OCH3 is 4. The van der Waals surface area contributed by atoms with E-state index in [1.54, 1.807) is 26.3 Å². The van der Waals surface area contributed by atoms with E-state index in [1.807, 2.05) is 6.07 Å². The summed E-state index contributed by atoms with van der Waals surface area (Å²) in [5.41, 5.74) is 2.88. The number of nitrogens with one attached hydrogen (secondary N) is 2. The van der Waals surface area contributed by atoms with Crippen LogP contribution in [0.15, 0.2) is 23.0 Å². The molecular weight excluding hydrogens is 440 g/mol. The Kier molecular flexibility index (Phi) is 7.12. The summed E-state index contributed by atoms with van der Waals surface area (Å²) >= 11 is 12.1. The maximum Gasteiger partial charge on any atom is 0.220 e. The van der Waals surface area contributed by atoms with Gasteiger partial charge in [0.25, 0.3) is 0 Å². The minimum absolute atomic E-state index is 0.232. The average molecular weight is 465 g/mol. The van der Waals surface area contributed by atoms with Crippen molar-refractivity contribution < 1.29 is 18.9 Å². The third-order valence-corrected chi connectivity index (χ3v) is 6.06. The number of ether oxygens (including phenoxy) is 4. The van der Waals surface area contributed by atoms with Crippen LogP contribution in [0.2, 0.25) is 5.02 Å². The highest BCUT2D eigenvalue weighted by molar-refractivity contribution is 7.80. The first-order valence-corrected chi connectivity index (χ1v) is 10.4. The van der Waals surface area contributed by atoms with Crippen molar-refractivity contribution in [1.82, 2.24) is 10.6 Å². The van der Waals surface area contributed by atoms with Crippen molar-refractivity contribution in [1.29, 1.82) is 0 Å². The van der Waals surface area contributed by atoms with E-state index in [0.29, 0.717) is 40.2 Å². The Morgan fingerprint density at radius 3 is 2.32 bits per heavy atom. The van der Waals surface area contributed by atoms with Gasteiger partial charge in [0.05, 0.1) is 39.5 Å². The minimum atomic E-state index is -0.245. The second-order valence-corrected chi connectivity index (χ2v) is 7.65. The molecule has 2 aromatic carbocycles. The fourth-order valence-electron chi connectivity index (χ4n) is 3.92. The zero-order chi connectivity index (χ0) is 22.7. The summed E-state index contributed by atoms with van der Waals surface area (Å²) in [4.78, 5) is 12.8. The second-order valence-electron chi connectivity index (χ2n) is 6.86. The van der Waals surface area contributed by atoms with Crippen LogP contribution in [0.25, 0.3) is 11.1 Å². The number of thiocarbonyl (C=S) groups is 1. The Bertz CT molecular complexity index is 1080. The average Bonchev–Trinajstić information content (AvgIpc) is 3.02. The van der Waals surface area contributed by atoms with Crippen molar-refractivity contribution in [2.24, 2.45) is 0 Å². The molecule has 0 aliphatic heterocycles. The van der Waals surface area contributed by atoms with Gasteiger partial charge in [0, 0.05) is 12.6 Å². The lowest BCUT2D eigenvalue weighted by Gasteiger charge is -2.21. The van der Waals surface area contributed by atoms with E-state index < -0.39 is 0 Å². The second kappa shape index (κ2) is 9.62. The molecule has 3 rings (SSSR count). The first-order chi connectivity index (χ1) is 14.9. The van der Waals surface area contributed by atoms with Crippen molar-refractivity contribution in [2.45, 2.75) is 18.9 Å². The summed E-state index contributed by atoms with van der Waals surface area (Å²) in [6, 6.07) is 4.81. The zero-order valence-corrected chi connectivity index (χ0v) is 19.6. The number of hydrogen-bond acceptors (Lipinski definition) is 6. The van der Waals surface area contributed by atoms with Crippen molar-refractivity contribution in [3.05, 3.63) is 44.6 Å². The van der Waals surface area contributed by atoms with Crippen molar-refractivity contribution in [3.8, 4) is 34.1 Å². The molecule has 0 saturated carbocycles. The van der Waals surface area contributed by atoms with Crippen LogP contribution < -0.4 is 35.0 Å². The lowest BCUT2D eigenvalue weighted by molar-refractivity contribution is 0.325. The molecule has 0 amide bonds. The SMILES string of the molecule is CNC(=S)N[C@H]1CCc2c(Cl)c(OC)c(OC)c(OC)c2-c2ccc(OC)c(=O)cc21. The smallest absolute Gasteiger partial charge is 0.220 e. The normalized spacial score (nSPS) is 14.5. The number of hydrogen-bond donors (Lipinski definition) is 2. The molecule has 0 fully saturated rings. The highest BCUT2D eigenvalue weighted by Gasteiger charge is 2.32. The first kappa shape index (κ1) is 23.0. The van der Waals surface area contributed by atoms with Crippen LogP contribution in [0.4, 0.5) is 0 Å². The topological polar surface area (TPSA) is 78.1 Å². The largest absolute Gasteiger partial charge is 0.493 e. The van der Waals surface area contributed by atoms with Crippen LogP contribution in [-0.4, -0.2) is 40.6 Å². The van der Waals surface area contributed by atoms with Crippen LogP contribution in [0.5, 0.6) is 23.0 Å². The predicted molar refractivity (Wildman–Crippen MR) is 125 cm³/mol. The fourth-order valence-corrected chi connectivity index (χ4v) is 4.41. The summed E-state index contributed by atoms with van der Waals surface area (Å²) in [6.45, 7) is 0. The van der Waals surface area contributed by atoms with Gasteiger partial charge in [0.2, 0.25) is 11.2 Å². The van der Waals surface area contributed by atoms with E-state index in [0.717, 1.165) is 22.3 Å². The molecule has 2 N–H and O–H groups in total. The molecule has 0 saturated heterocycles. The van der Waals surface area contributed by atoms with Gasteiger partial charge in [0.15, 0.2) is 22.4 Å². The Hall–Kier alpha value is -2.71.